The lowest BCUT2D eigenvalue weighted by Gasteiger charge is -2.25. The molecule has 3 nitrogen and oxygen atoms in total. The average Bonchev–Trinajstić information content (AvgIpc) is 2.52. The fourth-order valence-electron chi connectivity index (χ4n) is 2.65. The number of rotatable bonds is 3. The Labute approximate surface area is 125 Å². The molecule has 0 unspecified atom stereocenters. The monoisotopic (exact) mass is 277 g/mol. The molecule has 0 amide bonds. The Bertz CT molecular complexity index is 763. The number of nitrogens with two attached hydrogens (primary N) is 1. The molecule has 0 atom stereocenters. The number of benzene rings is 2. The third-order valence-corrected chi connectivity index (χ3v) is 3.78. The second-order valence-electron chi connectivity index (χ2n) is 5.17. The Kier molecular flexibility index (Phi) is 3.48. The SMILES string of the molecule is CCN(c1ccc(C)cc1)c1ccc(N)c2cnccc12. The van der Waals surface area contributed by atoms with Crippen LogP contribution >= 0.6 is 0 Å². The fraction of sp³-hybridized carbons (Fsp3) is 0.167. The molecule has 106 valence electrons. The van der Waals surface area contributed by atoms with Gasteiger partial charge in [-0.3, -0.25) is 4.98 Å². The summed E-state index contributed by atoms with van der Waals surface area (Å²) in [7, 11) is 0. The minimum absolute atomic E-state index is 0.766. The van der Waals surface area contributed by atoms with Crippen molar-refractivity contribution >= 4 is 27.8 Å². The second-order valence-corrected chi connectivity index (χ2v) is 5.17. The first-order chi connectivity index (χ1) is 10.2. The van der Waals surface area contributed by atoms with E-state index in [2.05, 4.69) is 54.1 Å². The highest BCUT2D eigenvalue weighted by molar-refractivity contribution is 6.02. The van der Waals surface area contributed by atoms with Gasteiger partial charge in [0.2, 0.25) is 0 Å². The van der Waals surface area contributed by atoms with E-state index in [1.54, 1.807) is 0 Å². The molecule has 1 aromatic heterocycles. The lowest BCUT2D eigenvalue weighted by Crippen LogP contribution is -2.16. The molecule has 3 aromatic rings. The van der Waals surface area contributed by atoms with E-state index in [-0.39, 0.29) is 0 Å². The third-order valence-electron chi connectivity index (χ3n) is 3.78. The molecule has 0 aliphatic rings. The third kappa shape index (κ3) is 2.42. The largest absolute Gasteiger partial charge is 0.398 e. The van der Waals surface area contributed by atoms with Crippen LogP contribution in [-0.2, 0) is 0 Å². The first-order valence-electron chi connectivity index (χ1n) is 7.17. The summed E-state index contributed by atoms with van der Waals surface area (Å²) in [6.07, 6.45) is 3.64. The van der Waals surface area contributed by atoms with E-state index >= 15 is 0 Å². The molecule has 0 saturated carbocycles. The summed E-state index contributed by atoms with van der Waals surface area (Å²) in [6.45, 7) is 5.15. The van der Waals surface area contributed by atoms with E-state index in [4.69, 9.17) is 5.73 Å². The van der Waals surface area contributed by atoms with Crippen molar-refractivity contribution in [2.24, 2.45) is 0 Å². The summed E-state index contributed by atoms with van der Waals surface area (Å²) in [4.78, 5) is 6.48. The summed E-state index contributed by atoms with van der Waals surface area (Å²) >= 11 is 0. The number of hydrogen-bond acceptors (Lipinski definition) is 3. The predicted octanol–water partition coefficient (Wildman–Crippen LogP) is 4.28. The fourth-order valence-corrected chi connectivity index (χ4v) is 2.65. The van der Waals surface area contributed by atoms with Crippen LogP contribution in [0.3, 0.4) is 0 Å². The molecule has 2 aromatic carbocycles. The average molecular weight is 277 g/mol. The second kappa shape index (κ2) is 5.44. The van der Waals surface area contributed by atoms with E-state index in [0.29, 0.717) is 0 Å². The molecule has 0 fully saturated rings. The van der Waals surface area contributed by atoms with Gasteiger partial charge in [-0.15, -0.1) is 0 Å². The van der Waals surface area contributed by atoms with Crippen molar-refractivity contribution in [2.75, 3.05) is 17.2 Å². The van der Waals surface area contributed by atoms with Crippen molar-refractivity contribution < 1.29 is 0 Å². The number of pyridine rings is 1. The van der Waals surface area contributed by atoms with E-state index in [1.165, 1.54) is 11.3 Å². The smallest absolute Gasteiger partial charge is 0.0492 e. The van der Waals surface area contributed by atoms with E-state index in [0.717, 1.165) is 28.7 Å². The van der Waals surface area contributed by atoms with Crippen LogP contribution in [0.5, 0.6) is 0 Å². The quantitative estimate of drug-likeness (QED) is 0.726. The Morgan fingerprint density at radius 3 is 2.48 bits per heavy atom. The van der Waals surface area contributed by atoms with Gasteiger partial charge in [0.1, 0.15) is 0 Å². The zero-order valence-corrected chi connectivity index (χ0v) is 12.4. The van der Waals surface area contributed by atoms with Gasteiger partial charge in [0.05, 0.1) is 0 Å². The maximum absolute atomic E-state index is 6.07. The van der Waals surface area contributed by atoms with Gasteiger partial charge in [-0.1, -0.05) is 17.7 Å². The minimum Gasteiger partial charge on any atom is -0.398 e. The molecule has 0 saturated heterocycles. The maximum Gasteiger partial charge on any atom is 0.0492 e. The number of anilines is 3. The van der Waals surface area contributed by atoms with Crippen LogP contribution in [0, 0.1) is 6.92 Å². The van der Waals surface area contributed by atoms with Crippen LogP contribution in [0.1, 0.15) is 12.5 Å². The zero-order valence-electron chi connectivity index (χ0n) is 12.4. The van der Waals surface area contributed by atoms with Gasteiger partial charge < -0.3 is 10.6 Å². The van der Waals surface area contributed by atoms with Crippen LogP contribution in [0.4, 0.5) is 17.1 Å². The van der Waals surface area contributed by atoms with Crippen LogP contribution < -0.4 is 10.6 Å². The molecule has 2 N–H and O–H groups in total. The topological polar surface area (TPSA) is 42.1 Å². The van der Waals surface area contributed by atoms with Crippen LogP contribution in [0.2, 0.25) is 0 Å². The molecule has 3 rings (SSSR count). The maximum atomic E-state index is 6.07. The first kappa shape index (κ1) is 13.4. The molecular formula is C18H19N3. The van der Waals surface area contributed by atoms with Gasteiger partial charge in [-0.2, -0.15) is 0 Å². The standard InChI is InChI=1S/C18H19N3/c1-3-21(14-6-4-13(2)5-7-14)18-9-8-17(19)16-12-20-11-10-15(16)18/h4-12H,3,19H2,1-2H3. The van der Waals surface area contributed by atoms with E-state index < -0.39 is 0 Å². The van der Waals surface area contributed by atoms with Crippen LogP contribution in [0.25, 0.3) is 10.8 Å². The number of nitrogen functional groups attached to an aromatic ring is 1. The van der Waals surface area contributed by atoms with E-state index in [1.807, 2.05) is 24.5 Å². The summed E-state index contributed by atoms with van der Waals surface area (Å²) < 4.78 is 0. The van der Waals surface area contributed by atoms with Gasteiger partial charge in [-0.25, -0.2) is 0 Å². The lowest BCUT2D eigenvalue weighted by molar-refractivity contribution is 1.03. The highest BCUT2D eigenvalue weighted by Gasteiger charge is 2.12. The summed E-state index contributed by atoms with van der Waals surface area (Å²) in [5.74, 6) is 0. The number of hydrogen-bond donors (Lipinski definition) is 1. The molecular weight excluding hydrogens is 258 g/mol. The molecule has 0 aliphatic carbocycles. The highest BCUT2D eigenvalue weighted by atomic mass is 15.1. The molecule has 3 heteroatoms. The molecule has 21 heavy (non-hydrogen) atoms. The Morgan fingerprint density at radius 1 is 1.00 bits per heavy atom. The van der Waals surface area contributed by atoms with Gasteiger partial charge in [0.25, 0.3) is 0 Å². The van der Waals surface area contributed by atoms with Crippen molar-refractivity contribution in [3.8, 4) is 0 Å². The van der Waals surface area contributed by atoms with Crippen LogP contribution in [-0.4, -0.2) is 11.5 Å². The summed E-state index contributed by atoms with van der Waals surface area (Å²) in [5, 5.41) is 2.13. The van der Waals surface area contributed by atoms with Gasteiger partial charge >= 0.3 is 0 Å². The zero-order chi connectivity index (χ0) is 14.8. The Hall–Kier alpha value is -2.55. The van der Waals surface area contributed by atoms with Crippen molar-refractivity contribution in [1.82, 2.24) is 4.98 Å². The summed E-state index contributed by atoms with van der Waals surface area (Å²) in [5.41, 5.74) is 10.4. The predicted molar refractivity (Wildman–Crippen MR) is 90.0 cm³/mol. The minimum atomic E-state index is 0.766. The highest BCUT2D eigenvalue weighted by Crippen LogP contribution is 2.34. The van der Waals surface area contributed by atoms with Crippen LogP contribution in [0.15, 0.2) is 54.9 Å². The number of fused-ring (bicyclic) bond motifs is 1. The number of aromatic nitrogens is 1. The normalized spacial score (nSPS) is 10.8. The molecule has 0 radical (unpaired) electrons. The number of nitrogens with zero attached hydrogens (tertiary/aromatic N) is 2. The first-order valence-corrected chi connectivity index (χ1v) is 7.17. The van der Waals surface area contributed by atoms with Crippen molar-refractivity contribution in [2.45, 2.75) is 13.8 Å². The Balaban J connectivity index is 2.17. The van der Waals surface area contributed by atoms with E-state index in [9.17, 15) is 0 Å². The Morgan fingerprint density at radius 2 is 1.76 bits per heavy atom. The van der Waals surface area contributed by atoms with Crippen molar-refractivity contribution in [1.29, 1.82) is 0 Å². The van der Waals surface area contributed by atoms with Gasteiger partial charge in [0, 0.05) is 46.8 Å². The summed E-state index contributed by atoms with van der Waals surface area (Å²) in [6, 6.07) is 14.7. The number of aryl methyl sites for hydroxylation is 1. The lowest BCUT2D eigenvalue weighted by atomic mass is 10.1. The van der Waals surface area contributed by atoms with Gasteiger partial charge in [0.15, 0.2) is 0 Å². The van der Waals surface area contributed by atoms with Crippen molar-refractivity contribution in [3.63, 3.8) is 0 Å². The molecule has 0 aliphatic heterocycles. The van der Waals surface area contributed by atoms with Crippen molar-refractivity contribution in [3.05, 3.63) is 60.4 Å². The van der Waals surface area contributed by atoms with Gasteiger partial charge in [-0.05, 0) is 44.2 Å². The molecule has 0 spiro atoms. The molecule has 1 heterocycles. The molecule has 0 bridgehead atoms.